The Balaban J connectivity index is 1.89. The number of anilines is 1. The van der Waals surface area contributed by atoms with Gasteiger partial charge in [-0.1, -0.05) is 54.6 Å². The largest absolute Gasteiger partial charge is 0.345 e. The van der Waals surface area contributed by atoms with Gasteiger partial charge in [0.05, 0.1) is 10.6 Å². The lowest BCUT2D eigenvalue weighted by atomic mass is 10.0. The summed E-state index contributed by atoms with van der Waals surface area (Å²) in [5.41, 5.74) is 2.81. The van der Waals surface area contributed by atoms with E-state index in [1.807, 2.05) is 42.5 Å². The molecule has 0 saturated carbocycles. The van der Waals surface area contributed by atoms with Crippen molar-refractivity contribution < 1.29 is 13.2 Å². The van der Waals surface area contributed by atoms with E-state index in [1.165, 1.54) is 17.0 Å². The van der Waals surface area contributed by atoms with E-state index < -0.39 is 10.0 Å². The van der Waals surface area contributed by atoms with Crippen LogP contribution in [0.2, 0.25) is 0 Å². The molecule has 28 heavy (non-hydrogen) atoms. The van der Waals surface area contributed by atoms with Crippen LogP contribution in [0.3, 0.4) is 0 Å². The number of sulfonamides is 1. The van der Waals surface area contributed by atoms with Gasteiger partial charge in [-0.05, 0) is 41.8 Å². The number of amides is 1. The van der Waals surface area contributed by atoms with Crippen molar-refractivity contribution in [2.45, 2.75) is 11.3 Å². The van der Waals surface area contributed by atoms with Crippen molar-refractivity contribution in [3.63, 3.8) is 0 Å². The minimum absolute atomic E-state index is 0.0507. The third kappa shape index (κ3) is 4.58. The number of carbonyl (C=O) groups is 1. The fraction of sp³-hybridized carbons (Fsp3) is 0.136. The van der Waals surface area contributed by atoms with E-state index in [2.05, 4.69) is 4.72 Å². The van der Waals surface area contributed by atoms with Crippen LogP contribution in [0.5, 0.6) is 0 Å². The number of rotatable bonds is 6. The quantitative estimate of drug-likeness (QED) is 0.692. The molecule has 6 heteroatoms. The van der Waals surface area contributed by atoms with E-state index >= 15 is 0 Å². The standard InChI is InChI=1S/C22H22N2O3S/c1-24(2)22(25)19-12-8-13-20(16-19)28(26,27)23-21-14-7-6-11-18(21)15-17-9-4-3-5-10-17/h3-14,16,23H,15H2,1-2H3. The molecule has 1 amide bonds. The van der Waals surface area contributed by atoms with Gasteiger partial charge in [0, 0.05) is 19.7 Å². The number of hydrogen-bond acceptors (Lipinski definition) is 3. The van der Waals surface area contributed by atoms with E-state index in [4.69, 9.17) is 0 Å². The van der Waals surface area contributed by atoms with E-state index in [0.717, 1.165) is 11.1 Å². The average Bonchev–Trinajstić information content (AvgIpc) is 2.69. The van der Waals surface area contributed by atoms with E-state index in [9.17, 15) is 13.2 Å². The number of nitrogens with one attached hydrogen (secondary N) is 1. The summed E-state index contributed by atoms with van der Waals surface area (Å²) >= 11 is 0. The Morgan fingerprint density at radius 1 is 0.893 bits per heavy atom. The van der Waals surface area contributed by atoms with Gasteiger partial charge in [-0.2, -0.15) is 0 Å². The molecule has 0 aliphatic heterocycles. The summed E-state index contributed by atoms with van der Waals surface area (Å²) in [6, 6.07) is 23.2. The van der Waals surface area contributed by atoms with Crippen LogP contribution >= 0.6 is 0 Å². The third-order valence-corrected chi connectivity index (χ3v) is 5.66. The van der Waals surface area contributed by atoms with Crippen molar-refractivity contribution in [1.82, 2.24) is 4.90 Å². The van der Waals surface area contributed by atoms with Crippen LogP contribution in [0.15, 0.2) is 83.8 Å². The number of nitrogens with zero attached hydrogens (tertiary/aromatic N) is 1. The SMILES string of the molecule is CN(C)C(=O)c1cccc(S(=O)(=O)Nc2ccccc2Cc2ccccc2)c1. The highest BCUT2D eigenvalue weighted by Gasteiger charge is 2.18. The molecule has 3 aromatic carbocycles. The summed E-state index contributed by atoms with van der Waals surface area (Å²) in [4.78, 5) is 13.6. The second kappa shape index (κ2) is 8.27. The maximum absolute atomic E-state index is 12.9. The minimum Gasteiger partial charge on any atom is -0.345 e. The van der Waals surface area contributed by atoms with Gasteiger partial charge in [0.25, 0.3) is 15.9 Å². The Morgan fingerprint density at radius 3 is 2.29 bits per heavy atom. The summed E-state index contributed by atoms with van der Waals surface area (Å²) in [7, 11) is -0.577. The highest BCUT2D eigenvalue weighted by Crippen LogP contribution is 2.23. The molecular weight excluding hydrogens is 372 g/mol. The van der Waals surface area contributed by atoms with Gasteiger partial charge < -0.3 is 4.90 Å². The van der Waals surface area contributed by atoms with Crippen LogP contribution in [0.1, 0.15) is 21.5 Å². The predicted molar refractivity (Wildman–Crippen MR) is 111 cm³/mol. The van der Waals surface area contributed by atoms with Crippen molar-refractivity contribution in [2.24, 2.45) is 0 Å². The molecule has 0 aliphatic carbocycles. The number of hydrogen-bond donors (Lipinski definition) is 1. The molecule has 1 N–H and O–H groups in total. The Morgan fingerprint density at radius 2 is 1.57 bits per heavy atom. The van der Waals surface area contributed by atoms with Crippen molar-refractivity contribution in [3.05, 3.63) is 95.6 Å². The lowest BCUT2D eigenvalue weighted by molar-refractivity contribution is 0.0827. The predicted octanol–water partition coefficient (Wildman–Crippen LogP) is 3.78. The van der Waals surface area contributed by atoms with Gasteiger partial charge in [-0.25, -0.2) is 8.42 Å². The highest BCUT2D eigenvalue weighted by atomic mass is 32.2. The van der Waals surface area contributed by atoms with Crippen molar-refractivity contribution in [2.75, 3.05) is 18.8 Å². The first-order valence-corrected chi connectivity index (χ1v) is 10.3. The second-order valence-corrected chi connectivity index (χ2v) is 8.33. The molecule has 0 aromatic heterocycles. The molecule has 0 aliphatic rings. The molecule has 0 bridgehead atoms. The number of benzene rings is 3. The van der Waals surface area contributed by atoms with Crippen LogP contribution in [-0.4, -0.2) is 33.3 Å². The summed E-state index contributed by atoms with van der Waals surface area (Å²) in [6.07, 6.45) is 0.610. The zero-order valence-electron chi connectivity index (χ0n) is 15.8. The zero-order valence-corrected chi connectivity index (χ0v) is 16.6. The lowest BCUT2D eigenvalue weighted by Crippen LogP contribution is -2.22. The molecule has 3 aromatic rings. The normalized spacial score (nSPS) is 11.1. The molecule has 0 spiro atoms. The summed E-state index contributed by atoms with van der Waals surface area (Å²) in [6.45, 7) is 0. The van der Waals surface area contributed by atoms with Crippen LogP contribution in [0, 0.1) is 0 Å². The van der Waals surface area contributed by atoms with Crippen LogP contribution in [0.4, 0.5) is 5.69 Å². The maximum atomic E-state index is 12.9. The molecule has 0 heterocycles. The van der Waals surface area contributed by atoms with Gasteiger partial charge in [0.2, 0.25) is 0 Å². The van der Waals surface area contributed by atoms with Crippen molar-refractivity contribution in [1.29, 1.82) is 0 Å². The second-order valence-electron chi connectivity index (χ2n) is 6.65. The molecule has 0 fully saturated rings. The Kier molecular flexibility index (Phi) is 5.80. The van der Waals surface area contributed by atoms with E-state index in [1.54, 1.807) is 38.4 Å². The molecule has 3 rings (SSSR count). The molecule has 0 atom stereocenters. The van der Waals surface area contributed by atoms with Crippen molar-refractivity contribution >= 4 is 21.6 Å². The molecule has 0 unspecified atom stereocenters. The monoisotopic (exact) mass is 394 g/mol. The summed E-state index contributed by atoms with van der Waals surface area (Å²) < 4.78 is 28.5. The third-order valence-electron chi connectivity index (χ3n) is 4.30. The fourth-order valence-corrected chi connectivity index (χ4v) is 3.99. The highest BCUT2D eigenvalue weighted by molar-refractivity contribution is 7.92. The first-order chi connectivity index (χ1) is 13.4. The first kappa shape index (κ1) is 19.6. The molecule has 144 valence electrons. The fourth-order valence-electron chi connectivity index (χ4n) is 2.85. The first-order valence-electron chi connectivity index (χ1n) is 8.83. The topological polar surface area (TPSA) is 66.5 Å². The van der Waals surface area contributed by atoms with E-state index in [0.29, 0.717) is 17.7 Å². The van der Waals surface area contributed by atoms with Gasteiger partial charge >= 0.3 is 0 Å². The summed E-state index contributed by atoms with van der Waals surface area (Å²) in [5.74, 6) is -0.249. The summed E-state index contributed by atoms with van der Waals surface area (Å²) in [5, 5.41) is 0. The molecule has 0 saturated heterocycles. The van der Waals surface area contributed by atoms with Gasteiger partial charge in [-0.3, -0.25) is 9.52 Å². The Labute approximate surface area is 165 Å². The molecule has 0 radical (unpaired) electrons. The zero-order chi connectivity index (χ0) is 20.1. The molecular formula is C22H22N2O3S. The van der Waals surface area contributed by atoms with Gasteiger partial charge in [0.1, 0.15) is 0 Å². The van der Waals surface area contributed by atoms with Gasteiger partial charge in [0.15, 0.2) is 0 Å². The van der Waals surface area contributed by atoms with Gasteiger partial charge in [-0.15, -0.1) is 0 Å². The number of carbonyl (C=O) groups excluding carboxylic acids is 1. The van der Waals surface area contributed by atoms with Crippen molar-refractivity contribution in [3.8, 4) is 0 Å². The lowest BCUT2D eigenvalue weighted by Gasteiger charge is -2.14. The van der Waals surface area contributed by atoms with E-state index in [-0.39, 0.29) is 10.8 Å². The Bertz CT molecular complexity index is 1080. The smallest absolute Gasteiger partial charge is 0.261 e. The molecule has 5 nitrogen and oxygen atoms in total. The van der Waals surface area contributed by atoms with Crippen LogP contribution in [-0.2, 0) is 16.4 Å². The maximum Gasteiger partial charge on any atom is 0.261 e. The Hall–Kier alpha value is -3.12. The minimum atomic E-state index is -3.83. The van der Waals surface area contributed by atoms with Crippen LogP contribution in [0.25, 0.3) is 0 Å². The number of para-hydroxylation sites is 1. The van der Waals surface area contributed by atoms with Crippen LogP contribution < -0.4 is 4.72 Å². The average molecular weight is 394 g/mol.